The average molecular weight is 431 g/mol. The summed E-state index contributed by atoms with van der Waals surface area (Å²) in [6.45, 7) is 1.94. The summed E-state index contributed by atoms with van der Waals surface area (Å²) in [5, 5.41) is 0.216. The molecule has 0 aliphatic rings. The van der Waals surface area contributed by atoms with Crippen LogP contribution >= 0.6 is 23.4 Å². The van der Waals surface area contributed by atoms with Crippen molar-refractivity contribution in [1.82, 2.24) is 10.9 Å². The Kier molecular flexibility index (Phi) is 7.21. The van der Waals surface area contributed by atoms with Crippen LogP contribution in [0.2, 0.25) is 5.02 Å². The first-order valence-electron chi connectivity index (χ1n) is 8.80. The molecule has 2 amide bonds. The van der Waals surface area contributed by atoms with E-state index in [4.69, 9.17) is 20.8 Å². The molecule has 29 heavy (non-hydrogen) atoms. The van der Waals surface area contributed by atoms with Gasteiger partial charge in [0.15, 0.2) is 5.76 Å². The molecular weight excluding hydrogens is 412 g/mol. The molecule has 0 aliphatic carbocycles. The molecule has 1 atom stereocenters. The molecule has 8 heteroatoms. The maximum Gasteiger partial charge on any atom is 0.305 e. The maximum atomic E-state index is 12.2. The largest absolute Gasteiger partial charge is 0.486 e. The van der Waals surface area contributed by atoms with Crippen LogP contribution in [0.5, 0.6) is 5.75 Å². The Morgan fingerprint density at radius 1 is 1.03 bits per heavy atom. The molecule has 0 saturated carbocycles. The van der Waals surface area contributed by atoms with Gasteiger partial charge in [0.2, 0.25) is 0 Å². The topological polar surface area (TPSA) is 80.6 Å². The van der Waals surface area contributed by atoms with E-state index in [1.165, 1.54) is 17.8 Å². The van der Waals surface area contributed by atoms with Crippen molar-refractivity contribution in [2.24, 2.45) is 0 Å². The number of ether oxygens (including phenoxy) is 1. The fourth-order valence-corrected chi connectivity index (χ4v) is 3.29. The Morgan fingerprint density at radius 3 is 2.48 bits per heavy atom. The summed E-state index contributed by atoms with van der Waals surface area (Å²) in [5.41, 5.74) is 4.76. The number of carbonyl (C=O) groups excluding carboxylic acids is 2. The quantitative estimate of drug-likeness (QED) is 0.427. The number of thioether (sulfide) groups is 1. The van der Waals surface area contributed by atoms with Gasteiger partial charge in [-0.25, -0.2) is 0 Å². The van der Waals surface area contributed by atoms with Crippen molar-refractivity contribution in [3.8, 4) is 5.75 Å². The van der Waals surface area contributed by atoms with E-state index in [-0.39, 0.29) is 18.3 Å². The summed E-state index contributed by atoms with van der Waals surface area (Å²) in [7, 11) is 0. The van der Waals surface area contributed by atoms with Crippen molar-refractivity contribution in [2.45, 2.75) is 23.7 Å². The Balaban J connectivity index is 1.45. The van der Waals surface area contributed by atoms with Gasteiger partial charge in [-0.05, 0) is 55.5 Å². The van der Waals surface area contributed by atoms with E-state index in [1.54, 1.807) is 25.1 Å². The zero-order valence-corrected chi connectivity index (χ0v) is 17.1. The average Bonchev–Trinajstić information content (AvgIpc) is 3.22. The van der Waals surface area contributed by atoms with Crippen LogP contribution in [0.15, 0.2) is 76.0 Å². The Morgan fingerprint density at radius 2 is 1.76 bits per heavy atom. The number of furan rings is 1. The lowest BCUT2D eigenvalue weighted by atomic mass is 10.3. The van der Waals surface area contributed by atoms with Crippen molar-refractivity contribution in [1.29, 1.82) is 0 Å². The molecule has 0 fully saturated rings. The van der Waals surface area contributed by atoms with Crippen molar-refractivity contribution in [3.05, 3.63) is 83.3 Å². The molecule has 150 valence electrons. The number of rotatable bonds is 7. The van der Waals surface area contributed by atoms with Crippen LogP contribution < -0.4 is 15.6 Å². The fraction of sp³-hybridized carbons (Fsp3) is 0.143. The van der Waals surface area contributed by atoms with E-state index in [0.717, 1.165) is 4.90 Å². The normalized spacial score (nSPS) is 11.5. The summed E-state index contributed by atoms with van der Waals surface area (Å²) < 4.78 is 11.0. The van der Waals surface area contributed by atoms with Gasteiger partial charge in [0, 0.05) is 9.92 Å². The van der Waals surface area contributed by atoms with Gasteiger partial charge in [-0.3, -0.25) is 20.4 Å². The molecule has 6 nitrogen and oxygen atoms in total. The smallest absolute Gasteiger partial charge is 0.305 e. The molecular formula is C21H19ClN2O4S. The Labute approximate surface area is 177 Å². The second-order valence-electron chi connectivity index (χ2n) is 6.03. The number of hydrogen-bond donors (Lipinski definition) is 2. The molecule has 0 bridgehead atoms. The lowest BCUT2D eigenvalue weighted by Crippen LogP contribution is -2.44. The number of hydrogen-bond acceptors (Lipinski definition) is 5. The molecule has 3 rings (SSSR count). The molecule has 1 heterocycles. The number of hydrazine groups is 1. The van der Waals surface area contributed by atoms with E-state index in [2.05, 4.69) is 10.9 Å². The van der Waals surface area contributed by atoms with Gasteiger partial charge in [0.1, 0.15) is 18.1 Å². The molecule has 1 aromatic heterocycles. The Hall–Kier alpha value is -2.90. The predicted molar refractivity (Wildman–Crippen MR) is 112 cm³/mol. The van der Waals surface area contributed by atoms with E-state index in [9.17, 15) is 9.59 Å². The molecule has 0 saturated heterocycles. The highest BCUT2D eigenvalue weighted by Gasteiger charge is 2.17. The molecule has 1 unspecified atom stereocenters. The third-order valence-corrected chi connectivity index (χ3v) is 5.17. The van der Waals surface area contributed by atoms with Gasteiger partial charge < -0.3 is 9.15 Å². The standard InChI is InChI=1S/C21H19ClN2O4S/c1-14(29-18-10-7-15(22)8-11-18)20(25)23-24-21(26)19-12-9-17(28-19)13-27-16-5-3-2-4-6-16/h2-12,14H,13H2,1H3,(H,23,25)(H,24,26). The first kappa shape index (κ1) is 20.8. The second kappa shape index (κ2) is 10.0. The van der Waals surface area contributed by atoms with E-state index in [1.807, 2.05) is 42.5 Å². The highest BCUT2D eigenvalue weighted by molar-refractivity contribution is 8.00. The van der Waals surface area contributed by atoms with Crippen LogP contribution in [0.4, 0.5) is 0 Å². The number of para-hydroxylation sites is 1. The number of benzene rings is 2. The van der Waals surface area contributed by atoms with Crippen LogP contribution in [-0.2, 0) is 11.4 Å². The fourth-order valence-electron chi connectivity index (χ4n) is 2.30. The second-order valence-corrected chi connectivity index (χ2v) is 7.88. The highest BCUT2D eigenvalue weighted by atomic mass is 35.5. The monoisotopic (exact) mass is 430 g/mol. The van der Waals surface area contributed by atoms with Gasteiger partial charge in [0.25, 0.3) is 5.91 Å². The lowest BCUT2D eigenvalue weighted by Gasteiger charge is -2.12. The maximum absolute atomic E-state index is 12.2. The van der Waals surface area contributed by atoms with E-state index in [0.29, 0.717) is 16.5 Å². The molecule has 0 spiro atoms. The minimum absolute atomic E-state index is 0.0787. The zero-order valence-electron chi connectivity index (χ0n) is 15.6. The first-order valence-corrected chi connectivity index (χ1v) is 10.1. The summed E-state index contributed by atoms with van der Waals surface area (Å²) in [5.74, 6) is 0.395. The van der Waals surface area contributed by atoms with Crippen LogP contribution in [0, 0.1) is 0 Å². The van der Waals surface area contributed by atoms with Crippen LogP contribution in [-0.4, -0.2) is 17.1 Å². The van der Waals surface area contributed by atoms with E-state index < -0.39 is 11.2 Å². The summed E-state index contributed by atoms with van der Waals surface area (Å²) in [6.07, 6.45) is 0. The van der Waals surface area contributed by atoms with Crippen molar-refractivity contribution in [3.63, 3.8) is 0 Å². The van der Waals surface area contributed by atoms with Gasteiger partial charge in [-0.2, -0.15) is 0 Å². The summed E-state index contributed by atoms with van der Waals surface area (Å²) in [4.78, 5) is 25.3. The van der Waals surface area contributed by atoms with E-state index >= 15 is 0 Å². The third-order valence-electron chi connectivity index (χ3n) is 3.80. The molecule has 0 radical (unpaired) electrons. The number of amides is 2. The lowest BCUT2D eigenvalue weighted by molar-refractivity contribution is -0.121. The zero-order chi connectivity index (χ0) is 20.6. The third kappa shape index (κ3) is 6.30. The van der Waals surface area contributed by atoms with Crippen molar-refractivity contribution < 1.29 is 18.7 Å². The number of halogens is 1. The molecule has 3 aromatic rings. The number of nitrogens with one attached hydrogen (secondary N) is 2. The van der Waals surface area contributed by atoms with Crippen LogP contribution in [0.3, 0.4) is 0 Å². The highest BCUT2D eigenvalue weighted by Crippen LogP contribution is 2.24. The Bertz CT molecular complexity index is 960. The van der Waals surface area contributed by atoms with Crippen LogP contribution in [0.1, 0.15) is 23.2 Å². The summed E-state index contributed by atoms with van der Waals surface area (Å²) >= 11 is 7.21. The minimum Gasteiger partial charge on any atom is -0.486 e. The molecule has 0 aliphatic heterocycles. The molecule has 2 aromatic carbocycles. The number of carbonyl (C=O) groups is 2. The molecule has 2 N–H and O–H groups in total. The summed E-state index contributed by atoms with van der Waals surface area (Å²) in [6, 6.07) is 19.6. The van der Waals surface area contributed by atoms with Crippen LogP contribution in [0.25, 0.3) is 0 Å². The predicted octanol–water partition coefficient (Wildman–Crippen LogP) is 4.45. The van der Waals surface area contributed by atoms with Gasteiger partial charge in [0.05, 0.1) is 5.25 Å². The SMILES string of the molecule is CC(Sc1ccc(Cl)cc1)C(=O)NNC(=O)c1ccc(COc2ccccc2)o1. The van der Waals surface area contributed by atoms with Crippen molar-refractivity contribution >= 4 is 35.2 Å². The first-order chi connectivity index (χ1) is 14.0. The van der Waals surface area contributed by atoms with Crippen molar-refractivity contribution in [2.75, 3.05) is 0 Å². The van der Waals surface area contributed by atoms with Gasteiger partial charge in [-0.15, -0.1) is 11.8 Å². The minimum atomic E-state index is -0.548. The van der Waals surface area contributed by atoms with Gasteiger partial charge in [-0.1, -0.05) is 29.8 Å². The van der Waals surface area contributed by atoms with Gasteiger partial charge >= 0.3 is 5.91 Å².